The molecule has 0 aliphatic heterocycles. The number of carboxylic acid groups (broad SMARTS) is 2. The third kappa shape index (κ3) is 4.14. The van der Waals surface area contributed by atoms with Crippen LogP contribution in [0.2, 0.25) is 0 Å². The number of rotatable bonds is 5. The van der Waals surface area contributed by atoms with Crippen LogP contribution in [0.4, 0.5) is 0 Å². The van der Waals surface area contributed by atoms with Gasteiger partial charge in [-0.2, -0.15) is 0 Å². The van der Waals surface area contributed by atoms with Crippen LogP contribution in [0.5, 0.6) is 0 Å². The Morgan fingerprint density at radius 2 is 0.816 bits per heavy atom. The number of fused-ring (bicyclic) bond motifs is 2. The highest BCUT2D eigenvalue weighted by molar-refractivity contribution is 6.04. The summed E-state index contributed by atoms with van der Waals surface area (Å²) in [7, 11) is 0. The van der Waals surface area contributed by atoms with Crippen LogP contribution < -0.4 is 0 Å². The number of nitrogens with zero attached hydrogens (tertiary/aromatic N) is 2. The monoisotopic (exact) mass is 496 g/mol. The quantitative estimate of drug-likeness (QED) is 0.262. The van der Waals surface area contributed by atoms with E-state index in [1.165, 1.54) is 0 Å². The van der Waals surface area contributed by atoms with E-state index in [9.17, 15) is 19.8 Å². The summed E-state index contributed by atoms with van der Waals surface area (Å²) in [5, 5.41) is 20.6. The Morgan fingerprint density at radius 3 is 1.18 bits per heavy atom. The summed E-state index contributed by atoms with van der Waals surface area (Å²) in [4.78, 5) is 33.0. The first-order valence-corrected chi connectivity index (χ1v) is 12.0. The van der Waals surface area contributed by atoms with Gasteiger partial charge in [-0.25, -0.2) is 19.6 Å². The van der Waals surface area contributed by atoms with E-state index in [1.807, 2.05) is 72.8 Å². The van der Waals surface area contributed by atoms with E-state index in [1.54, 1.807) is 36.4 Å². The summed E-state index contributed by atoms with van der Waals surface area (Å²) in [6.45, 7) is 0. The van der Waals surface area contributed by atoms with Crippen molar-refractivity contribution in [2.45, 2.75) is 0 Å². The van der Waals surface area contributed by atoms with Crippen LogP contribution in [0.1, 0.15) is 20.7 Å². The van der Waals surface area contributed by atoms with E-state index in [-0.39, 0.29) is 11.1 Å². The van der Waals surface area contributed by atoms with Gasteiger partial charge in [-0.15, -0.1) is 0 Å². The first kappa shape index (κ1) is 23.1. The number of aromatic nitrogens is 2. The minimum atomic E-state index is -0.988. The molecular formula is C32H20N2O4. The van der Waals surface area contributed by atoms with Crippen LogP contribution in [0.25, 0.3) is 55.4 Å². The summed E-state index contributed by atoms with van der Waals surface area (Å²) in [5.41, 5.74) is 6.51. The number of carboxylic acids is 2. The van der Waals surface area contributed by atoms with Crippen LogP contribution in [0, 0.1) is 0 Å². The Kier molecular flexibility index (Phi) is 5.62. The van der Waals surface area contributed by atoms with Gasteiger partial charge in [-0.05, 0) is 35.4 Å². The van der Waals surface area contributed by atoms with Crippen molar-refractivity contribution in [2.24, 2.45) is 0 Å². The normalized spacial score (nSPS) is 11.1. The Hall–Kier alpha value is -5.36. The molecule has 6 aromatic rings. The number of para-hydroxylation sites is 2. The van der Waals surface area contributed by atoms with Crippen molar-refractivity contribution in [1.82, 2.24) is 9.97 Å². The Balaban J connectivity index is 1.32. The molecule has 0 amide bonds. The third-order valence-electron chi connectivity index (χ3n) is 6.59. The fraction of sp³-hybridized carbons (Fsp3) is 0. The summed E-state index contributed by atoms with van der Waals surface area (Å²) < 4.78 is 0. The van der Waals surface area contributed by atoms with Gasteiger partial charge < -0.3 is 10.2 Å². The molecule has 6 nitrogen and oxygen atoms in total. The number of hydrogen-bond acceptors (Lipinski definition) is 4. The van der Waals surface area contributed by atoms with Gasteiger partial charge in [0.1, 0.15) is 0 Å². The molecule has 2 aromatic heterocycles. The molecule has 0 aliphatic carbocycles. The predicted octanol–water partition coefficient (Wildman–Crippen LogP) is 7.18. The standard InChI is InChI=1S/C32H20N2O4/c35-31(36)25-17-29(33-27-7-3-1-5-23(25)27)21-13-9-19(10-14-21)20-11-15-22(16-12-20)30-18-26(32(37)38)24-6-2-4-8-28(24)34-30/h1-18H,(H,35,36)(H,37,38). The van der Waals surface area contributed by atoms with Crippen molar-refractivity contribution in [3.63, 3.8) is 0 Å². The highest BCUT2D eigenvalue weighted by atomic mass is 16.4. The Labute approximate surface area is 217 Å². The molecule has 182 valence electrons. The fourth-order valence-corrected chi connectivity index (χ4v) is 4.67. The molecule has 38 heavy (non-hydrogen) atoms. The maximum Gasteiger partial charge on any atom is 0.336 e. The van der Waals surface area contributed by atoms with Gasteiger partial charge in [0.2, 0.25) is 0 Å². The van der Waals surface area contributed by atoms with Crippen LogP contribution in [0.3, 0.4) is 0 Å². The van der Waals surface area contributed by atoms with Gasteiger partial charge in [-0.1, -0.05) is 84.9 Å². The molecule has 6 heteroatoms. The number of carbonyl (C=O) groups is 2. The average Bonchev–Trinajstić information content (AvgIpc) is 2.96. The van der Waals surface area contributed by atoms with E-state index >= 15 is 0 Å². The molecule has 0 saturated carbocycles. The predicted molar refractivity (Wildman–Crippen MR) is 147 cm³/mol. The number of aromatic carboxylic acids is 2. The van der Waals surface area contributed by atoms with Crippen molar-refractivity contribution >= 4 is 33.7 Å². The molecule has 0 saturated heterocycles. The Morgan fingerprint density at radius 1 is 0.474 bits per heavy atom. The fourth-order valence-electron chi connectivity index (χ4n) is 4.67. The third-order valence-corrected chi connectivity index (χ3v) is 6.59. The van der Waals surface area contributed by atoms with Crippen molar-refractivity contribution in [3.8, 4) is 33.6 Å². The van der Waals surface area contributed by atoms with Gasteiger partial charge >= 0.3 is 11.9 Å². The van der Waals surface area contributed by atoms with Gasteiger partial charge in [-0.3, -0.25) is 0 Å². The lowest BCUT2D eigenvalue weighted by Crippen LogP contribution is -2.00. The summed E-state index contributed by atoms with van der Waals surface area (Å²) in [5.74, 6) is -1.98. The largest absolute Gasteiger partial charge is 0.478 e. The Bertz CT molecular complexity index is 1720. The van der Waals surface area contributed by atoms with Crippen molar-refractivity contribution < 1.29 is 19.8 Å². The number of hydrogen-bond donors (Lipinski definition) is 2. The maximum atomic E-state index is 11.8. The highest BCUT2D eigenvalue weighted by Gasteiger charge is 2.14. The molecule has 0 unspecified atom stereocenters. The lowest BCUT2D eigenvalue weighted by Gasteiger charge is -2.09. The van der Waals surface area contributed by atoms with Gasteiger partial charge in [0, 0.05) is 21.9 Å². The smallest absolute Gasteiger partial charge is 0.336 e. The molecule has 0 radical (unpaired) electrons. The van der Waals surface area contributed by atoms with E-state index in [0.717, 1.165) is 22.3 Å². The van der Waals surface area contributed by atoms with Crippen LogP contribution in [-0.4, -0.2) is 32.1 Å². The zero-order valence-electron chi connectivity index (χ0n) is 20.0. The molecule has 0 atom stereocenters. The van der Waals surface area contributed by atoms with Crippen LogP contribution >= 0.6 is 0 Å². The highest BCUT2D eigenvalue weighted by Crippen LogP contribution is 2.30. The van der Waals surface area contributed by atoms with Gasteiger partial charge in [0.25, 0.3) is 0 Å². The molecule has 0 spiro atoms. The molecule has 2 N–H and O–H groups in total. The van der Waals surface area contributed by atoms with E-state index in [2.05, 4.69) is 9.97 Å². The summed E-state index contributed by atoms with van der Waals surface area (Å²) in [6.07, 6.45) is 0. The first-order chi connectivity index (χ1) is 18.5. The molecule has 0 fully saturated rings. The van der Waals surface area contributed by atoms with E-state index in [0.29, 0.717) is 33.2 Å². The van der Waals surface area contributed by atoms with E-state index in [4.69, 9.17) is 0 Å². The second kappa shape index (κ2) is 9.26. The van der Waals surface area contributed by atoms with Crippen molar-refractivity contribution in [2.75, 3.05) is 0 Å². The average molecular weight is 497 g/mol. The first-order valence-electron chi connectivity index (χ1n) is 12.0. The van der Waals surface area contributed by atoms with Crippen molar-refractivity contribution in [1.29, 1.82) is 0 Å². The van der Waals surface area contributed by atoms with Crippen LogP contribution in [0.15, 0.2) is 109 Å². The zero-order chi connectivity index (χ0) is 26.2. The minimum absolute atomic E-state index is 0.221. The minimum Gasteiger partial charge on any atom is -0.478 e. The zero-order valence-corrected chi connectivity index (χ0v) is 20.0. The number of benzene rings is 4. The SMILES string of the molecule is O=C(O)c1cc(-c2ccc(-c3ccc(-c4cc(C(=O)O)c5ccccc5n4)cc3)cc2)nc2ccccc12. The summed E-state index contributed by atoms with van der Waals surface area (Å²) >= 11 is 0. The van der Waals surface area contributed by atoms with Gasteiger partial charge in [0.05, 0.1) is 33.5 Å². The van der Waals surface area contributed by atoms with Gasteiger partial charge in [0.15, 0.2) is 0 Å². The molecule has 4 aromatic carbocycles. The van der Waals surface area contributed by atoms with Crippen LogP contribution in [-0.2, 0) is 0 Å². The topological polar surface area (TPSA) is 100 Å². The lowest BCUT2D eigenvalue weighted by molar-refractivity contribution is 0.0688. The molecule has 0 bridgehead atoms. The summed E-state index contributed by atoms with van der Waals surface area (Å²) in [6, 6.07) is 33.2. The van der Waals surface area contributed by atoms with E-state index < -0.39 is 11.9 Å². The molecule has 0 aliphatic rings. The molecule has 6 rings (SSSR count). The second-order valence-corrected chi connectivity index (χ2v) is 8.91. The molecule has 2 heterocycles. The maximum absolute atomic E-state index is 11.8. The van der Waals surface area contributed by atoms with Crippen molar-refractivity contribution in [3.05, 3.63) is 120 Å². The lowest BCUT2D eigenvalue weighted by atomic mass is 9.99. The number of pyridine rings is 2. The second-order valence-electron chi connectivity index (χ2n) is 8.91. The molecular weight excluding hydrogens is 476 g/mol.